The average Bonchev–Trinajstić information content (AvgIpc) is 3.64. The Balaban J connectivity index is 1.62. The predicted octanol–water partition coefficient (Wildman–Crippen LogP) is 1.75. The molecule has 0 saturated carbocycles. The van der Waals surface area contributed by atoms with E-state index < -0.39 is 27.0 Å². The van der Waals surface area contributed by atoms with Crippen LogP contribution >= 0.6 is 0 Å². The zero-order valence-corrected chi connectivity index (χ0v) is 21.8. The molecule has 0 aliphatic carbocycles. The Bertz CT molecular complexity index is 1550. The smallest absolute Gasteiger partial charge is 0.245 e. The van der Waals surface area contributed by atoms with Gasteiger partial charge in [0.05, 0.1) is 43.6 Å². The number of nitrogens with zero attached hydrogens (tertiary/aromatic N) is 9. The monoisotopic (exact) mass is 544 g/mol. The van der Waals surface area contributed by atoms with Crippen LogP contribution in [0.3, 0.4) is 0 Å². The third-order valence-electron chi connectivity index (χ3n) is 6.48. The fourth-order valence-electron chi connectivity index (χ4n) is 4.28. The fourth-order valence-corrected chi connectivity index (χ4v) is 5.51. The molecule has 0 aromatic carbocycles. The van der Waals surface area contributed by atoms with E-state index in [1.54, 1.807) is 13.1 Å². The molecule has 1 N–H and O–H groups in total. The van der Waals surface area contributed by atoms with Gasteiger partial charge in [0.25, 0.3) is 0 Å². The molecule has 4 aromatic heterocycles. The molecular weight excluding hydrogens is 519 g/mol. The van der Waals surface area contributed by atoms with Crippen molar-refractivity contribution in [3.05, 3.63) is 42.3 Å². The highest BCUT2D eigenvalue weighted by Gasteiger charge is 2.34. The summed E-state index contributed by atoms with van der Waals surface area (Å²) in [4.78, 5) is 16.2. The fraction of sp³-hybridized carbons (Fsp3) is 0.409. The van der Waals surface area contributed by atoms with Gasteiger partial charge in [-0.25, -0.2) is 22.8 Å². The number of fused-ring (bicyclic) bond motifs is 1. The van der Waals surface area contributed by atoms with Crippen LogP contribution in [0.15, 0.2) is 24.9 Å². The number of halogens is 1. The first-order chi connectivity index (χ1) is 18.2. The largest absolute Gasteiger partial charge is 0.479 e. The Morgan fingerprint density at radius 2 is 1.71 bits per heavy atom. The summed E-state index contributed by atoms with van der Waals surface area (Å²) in [6.07, 6.45) is 6.60. The summed E-state index contributed by atoms with van der Waals surface area (Å²) < 4.78 is 57.1. The molecule has 4 aromatic rings. The summed E-state index contributed by atoms with van der Waals surface area (Å²) in [6, 6.07) is 0. The number of rotatable bonds is 9. The van der Waals surface area contributed by atoms with E-state index in [4.69, 9.17) is 9.47 Å². The van der Waals surface area contributed by atoms with Crippen molar-refractivity contribution in [3.63, 3.8) is 0 Å². The molecule has 0 amide bonds. The maximum atomic E-state index is 13.5. The maximum Gasteiger partial charge on any atom is 0.245 e. The first-order valence-electron chi connectivity index (χ1n) is 11.7. The first kappa shape index (κ1) is 25.4. The molecule has 0 bridgehead atoms. The van der Waals surface area contributed by atoms with Crippen molar-refractivity contribution in [2.75, 3.05) is 18.9 Å². The van der Waals surface area contributed by atoms with Gasteiger partial charge in [-0.2, -0.15) is 15.1 Å². The van der Waals surface area contributed by atoms with Crippen LogP contribution < -0.4 is 14.2 Å². The van der Waals surface area contributed by atoms with Gasteiger partial charge >= 0.3 is 0 Å². The van der Waals surface area contributed by atoms with Gasteiger partial charge < -0.3 is 9.47 Å². The average molecular weight is 545 g/mol. The summed E-state index contributed by atoms with van der Waals surface area (Å²) in [5.74, 6) is -0.710. The number of anilines is 1. The van der Waals surface area contributed by atoms with Gasteiger partial charge in [0.2, 0.25) is 27.7 Å². The zero-order chi connectivity index (χ0) is 27.0. The van der Waals surface area contributed by atoms with E-state index in [9.17, 15) is 12.8 Å². The first-order valence-corrected chi connectivity index (χ1v) is 13.2. The van der Waals surface area contributed by atoms with Crippen molar-refractivity contribution in [1.29, 1.82) is 0 Å². The molecule has 0 spiro atoms. The lowest BCUT2D eigenvalue weighted by Gasteiger charge is -2.20. The Morgan fingerprint density at radius 1 is 1.03 bits per heavy atom. The minimum Gasteiger partial charge on any atom is -0.479 e. The standard InChI is InChI=1S/C22H25FN10O4S/c1-12(18-24-8-14(23)9-25-18)13(2)38(34,35)31-22-30-29-19(15-10-28-32-7-5-6-16(15)32)33(22)17-20(36-3)26-11-27-21(17)37-4/h8-13H,5-7H2,1-4H3,(H,30,31). The minimum atomic E-state index is -4.10. The van der Waals surface area contributed by atoms with Crippen LogP contribution in [0.5, 0.6) is 11.8 Å². The highest BCUT2D eigenvalue weighted by molar-refractivity contribution is 7.93. The van der Waals surface area contributed by atoms with Gasteiger partial charge in [0.1, 0.15) is 12.2 Å². The van der Waals surface area contributed by atoms with Crippen LogP contribution in [0.1, 0.15) is 37.7 Å². The Labute approximate surface area is 217 Å². The van der Waals surface area contributed by atoms with Gasteiger partial charge in [-0.05, 0) is 19.8 Å². The van der Waals surface area contributed by atoms with Crippen LogP contribution in [0, 0.1) is 5.82 Å². The van der Waals surface area contributed by atoms with Crippen molar-refractivity contribution in [3.8, 4) is 28.8 Å². The number of aryl methyl sites for hydroxylation is 1. The molecular formula is C22H25FN10O4S. The molecule has 1 aliphatic rings. The molecule has 38 heavy (non-hydrogen) atoms. The van der Waals surface area contributed by atoms with Gasteiger partial charge in [-0.1, -0.05) is 6.92 Å². The third kappa shape index (κ3) is 4.40. The maximum absolute atomic E-state index is 13.5. The van der Waals surface area contributed by atoms with Crippen LogP contribution in [0.4, 0.5) is 10.3 Å². The quantitative estimate of drug-likeness (QED) is 0.326. The minimum absolute atomic E-state index is 0.114. The van der Waals surface area contributed by atoms with Crippen LogP contribution in [-0.4, -0.2) is 72.4 Å². The van der Waals surface area contributed by atoms with Crippen molar-refractivity contribution in [2.45, 2.75) is 44.4 Å². The number of nitrogens with one attached hydrogen (secondary N) is 1. The van der Waals surface area contributed by atoms with Gasteiger partial charge in [-0.3, -0.25) is 14.0 Å². The third-order valence-corrected chi connectivity index (χ3v) is 8.33. The number of aromatic nitrogens is 9. The lowest BCUT2D eigenvalue weighted by atomic mass is 10.1. The van der Waals surface area contributed by atoms with Crippen molar-refractivity contribution in [1.82, 2.24) is 44.5 Å². The predicted molar refractivity (Wildman–Crippen MR) is 132 cm³/mol. The summed E-state index contributed by atoms with van der Waals surface area (Å²) in [5.41, 5.74) is 1.82. The number of sulfonamides is 1. The van der Waals surface area contributed by atoms with E-state index in [0.29, 0.717) is 11.4 Å². The molecule has 0 fully saturated rings. The second kappa shape index (κ2) is 9.92. The normalized spacial score (nSPS) is 14.7. The van der Waals surface area contributed by atoms with Gasteiger partial charge in [0.15, 0.2) is 17.3 Å². The van der Waals surface area contributed by atoms with E-state index in [1.807, 2.05) is 4.68 Å². The molecule has 5 heterocycles. The molecule has 2 unspecified atom stereocenters. The second-order valence-corrected chi connectivity index (χ2v) is 10.7. The second-order valence-electron chi connectivity index (χ2n) is 8.66. The summed E-state index contributed by atoms with van der Waals surface area (Å²) in [6.45, 7) is 3.91. The Kier molecular flexibility index (Phi) is 6.64. The summed E-state index contributed by atoms with van der Waals surface area (Å²) in [5, 5.41) is 11.9. The summed E-state index contributed by atoms with van der Waals surface area (Å²) in [7, 11) is -1.26. The van der Waals surface area contributed by atoms with E-state index in [2.05, 4.69) is 40.0 Å². The van der Waals surface area contributed by atoms with Crippen molar-refractivity contribution < 1.29 is 22.3 Å². The number of methoxy groups -OCH3 is 2. The SMILES string of the molecule is COc1ncnc(OC)c1-n1c(NS(=O)(=O)C(C)C(C)c2ncc(F)cn2)nnc1-c1cnn2c1CCC2. The molecule has 200 valence electrons. The van der Waals surface area contributed by atoms with E-state index in [0.717, 1.165) is 37.5 Å². The van der Waals surface area contributed by atoms with Gasteiger partial charge in [0, 0.05) is 18.2 Å². The Morgan fingerprint density at radius 3 is 2.37 bits per heavy atom. The zero-order valence-electron chi connectivity index (χ0n) is 21.0. The molecule has 14 nitrogen and oxygen atoms in total. The molecule has 2 atom stereocenters. The summed E-state index contributed by atoms with van der Waals surface area (Å²) >= 11 is 0. The molecule has 0 saturated heterocycles. The number of hydrogen-bond acceptors (Lipinski definition) is 11. The van der Waals surface area contributed by atoms with E-state index in [-0.39, 0.29) is 29.2 Å². The Hall–Kier alpha value is -4.21. The van der Waals surface area contributed by atoms with E-state index in [1.165, 1.54) is 32.0 Å². The van der Waals surface area contributed by atoms with Crippen LogP contribution in [-0.2, 0) is 23.0 Å². The van der Waals surface area contributed by atoms with E-state index >= 15 is 0 Å². The molecule has 0 radical (unpaired) electrons. The number of hydrogen-bond donors (Lipinski definition) is 1. The molecule has 5 rings (SSSR count). The van der Waals surface area contributed by atoms with Crippen LogP contribution in [0.25, 0.3) is 17.1 Å². The highest BCUT2D eigenvalue weighted by atomic mass is 32.2. The topological polar surface area (TPSA) is 165 Å². The lowest BCUT2D eigenvalue weighted by molar-refractivity contribution is 0.368. The van der Waals surface area contributed by atoms with Crippen molar-refractivity contribution >= 4 is 16.0 Å². The molecule has 1 aliphatic heterocycles. The van der Waals surface area contributed by atoms with Crippen molar-refractivity contribution in [2.24, 2.45) is 0 Å². The number of ether oxygens (including phenoxy) is 2. The highest BCUT2D eigenvalue weighted by Crippen LogP contribution is 2.37. The van der Waals surface area contributed by atoms with Gasteiger partial charge in [-0.15, -0.1) is 10.2 Å². The molecule has 16 heteroatoms. The lowest BCUT2D eigenvalue weighted by Crippen LogP contribution is -2.31. The van der Waals surface area contributed by atoms with Crippen LogP contribution in [0.2, 0.25) is 0 Å².